The monoisotopic (exact) mass is 314 g/mol. The summed E-state index contributed by atoms with van der Waals surface area (Å²) in [6.45, 7) is 4.74. The summed E-state index contributed by atoms with van der Waals surface area (Å²) in [4.78, 5) is 20.4. The minimum Gasteiger partial charge on any atom is -0.331 e. The molecule has 0 saturated carbocycles. The second-order valence-corrected chi connectivity index (χ2v) is 7.12. The third-order valence-corrected chi connectivity index (χ3v) is 5.36. The minimum absolute atomic E-state index is 0.152. The Balaban J connectivity index is 1.94. The van der Waals surface area contributed by atoms with Gasteiger partial charge in [0.25, 0.3) is 5.91 Å². The summed E-state index contributed by atoms with van der Waals surface area (Å²) in [5, 5.41) is 0.965. The van der Waals surface area contributed by atoms with Crippen LogP contribution >= 0.6 is 11.3 Å². The fourth-order valence-electron chi connectivity index (χ4n) is 3.23. The van der Waals surface area contributed by atoms with Crippen molar-refractivity contribution in [1.82, 2.24) is 9.88 Å². The summed E-state index contributed by atoms with van der Waals surface area (Å²) < 4.78 is 0. The molecule has 3 nitrogen and oxygen atoms in total. The van der Waals surface area contributed by atoms with Crippen molar-refractivity contribution < 1.29 is 4.79 Å². The van der Waals surface area contributed by atoms with Crippen LogP contribution in [0, 0.1) is 13.8 Å². The van der Waals surface area contributed by atoms with E-state index in [-0.39, 0.29) is 11.9 Å². The lowest BCUT2D eigenvalue weighted by molar-refractivity contribution is 0.0685. The number of thiazole rings is 1. The van der Waals surface area contributed by atoms with Crippen molar-refractivity contribution in [3.8, 4) is 0 Å². The van der Waals surface area contributed by atoms with Crippen LogP contribution in [0.5, 0.6) is 0 Å². The first kappa shape index (κ1) is 15.2. The number of carbonyl (C=O) groups is 1. The van der Waals surface area contributed by atoms with Gasteiger partial charge in [0.1, 0.15) is 4.88 Å². The number of nitrogens with zero attached hydrogens (tertiary/aromatic N) is 2. The molecule has 0 bridgehead atoms. The predicted molar refractivity (Wildman–Crippen MR) is 90.3 cm³/mol. The van der Waals surface area contributed by atoms with Crippen LogP contribution in [0.3, 0.4) is 0 Å². The molecule has 2 aromatic rings. The lowest BCUT2D eigenvalue weighted by atomic mass is 10.0. The van der Waals surface area contributed by atoms with Crippen molar-refractivity contribution in [3.63, 3.8) is 0 Å². The number of aryl methyl sites for hydroxylation is 2. The average Bonchev–Trinajstić information content (AvgIpc) is 2.74. The fraction of sp³-hybridized carbons (Fsp3) is 0.444. The second kappa shape index (κ2) is 6.61. The van der Waals surface area contributed by atoms with Crippen LogP contribution in [-0.2, 0) is 0 Å². The molecule has 1 amide bonds. The van der Waals surface area contributed by atoms with Gasteiger partial charge in [-0.3, -0.25) is 4.79 Å². The van der Waals surface area contributed by atoms with E-state index in [0.717, 1.165) is 35.0 Å². The molecule has 0 N–H and O–H groups in total. The smallest absolute Gasteiger partial charge is 0.266 e. The van der Waals surface area contributed by atoms with E-state index in [1.807, 2.05) is 19.9 Å². The molecule has 0 radical (unpaired) electrons. The first-order chi connectivity index (χ1) is 10.7. The number of likely N-dealkylation sites (tertiary alicyclic amines) is 1. The molecular weight excluding hydrogens is 292 g/mol. The van der Waals surface area contributed by atoms with Crippen molar-refractivity contribution in [1.29, 1.82) is 0 Å². The SMILES string of the molecule is Cc1nc(C)c(C(=O)N2CCCCCC2c2ccccc2)s1. The number of carbonyl (C=O) groups excluding carboxylic acids is 1. The zero-order valence-corrected chi connectivity index (χ0v) is 14.0. The van der Waals surface area contributed by atoms with E-state index in [2.05, 4.69) is 34.1 Å². The van der Waals surface area contributed by atoms with Gasteiger partial charge in [-0.2, -0.15) is 0 Å². The van der Waals surface area contributed by atoms with E-state index in [9.17, 15) is 4.79 Å². The third-order valence-electron chi connectivity index (χ3n) is 4.30. The first-order valence-electron chi connectivity index (χ1n) is 7.97. The van der Waals surface area contributed by atoms with Crippen molar-refractivity contribution in [2.24, 2.45) is 0 Å². The van der Waals surface area contributed by atoms with Crippen LogP contribution in [-0.4, -0.2) is 22.3 Å². The van der Waals surface area contributed by atoms with E-state index >= 15 is 0 Å². The highest BCUT2D eigenvalue weighted by molar-refractivity contribution is 7.13. The van der Waals surface area contributed by atoms with Gasteiger partial charge in [0, 0.05) is 6.54 Å². The highest BCUT2D eigenvalue weighted by Gasteiger charge is 2.29. The molecule has 116 valence electrons. The molecule has 2 heterocycles. The van der Waals surface area contributed by atoms with Crippen LogP contribution in [0.25, 0.3) is 0 Å². The molecular formula is C18H22N2OS. The number of hydrogen-bond acceptors (Lipinski definition) is 3. The Kier molecular flexibility index (Phi) is 4.57. The number of aromatic nitrogens is 1. The molecule has 4 heteroatoms. The topological polar surface area (TPSA) is 33.2 Å². The Labute approximate surface area is 136 Å². The average molecular weight is 314 g/mol. The van der Waals surface area contributed by atoms with Crippen LogP contribution in [0.15, 0.2) is 30.3 Å². The molecule has 1 fully saturated rings. The van der Waals surface area contributed by atoms with Gasteiger partial charge in [-0.15, -0.1) is 11.3 Å². The minimum atomic E-state index is 0.152. The molecule has 1 saturated heterocycles. The van der Waals surface area contributed by atoms with Crippen molar-refractivity contribution in [2.45, 2.75) is 45.6 Å². The Morgan fingerprint density at radius 3 is 2.64 bits per heavy atom. The van der Waals surface area contributed by atoms with Crippen molar-refractivity contribution in [2.75, 3.05) is 6.54 Å². The number of benzene rings is 1. The zero-order valence-electron chi connectivity index (χ0n) is 13.2. The Hall–Kier alpha value is -1.68. The third kappa shape index (κ3) is 3.07. The summed E-state index contributed by atoms with van der Waals surface area (Å²) >= 11 is 1.52. The van der Waals surface area contributed by atoms with E-state index in [0.29, 0.717) is 0 Å². The molecule has 1 aromatic carbocycles. The van der Waals surface area contributed by atoms with Crippen molar-refractivity contribution >= 4 is 17.2 Å². The zero-order chi connectivity index (χ0) is 15.5. The van der Waals surface area contributed by atoms with Crippen LogP contribution in [0.2, 0.25) is 0 Å². The molecule has 3 rings (SSSR count). The Morgan fingerprint density at radius 1 is 1.18 bits per heavy atom. The number of hydrogen-bond donors (Lipinski definition) is 0. The second-order valence-electron chi connectivity index (χ2n) is 5.92. The lowest BCUT2D eigenvalue weighted by Gasteiger charge is -2.30. The summed E-state index contributed by atoms with van der Waals surface area (Å²) in [6.07, 6.45) is 4.52. The van der Waals surface area contributed by atoms with Crippen LogP contribution < -0.4 is 0 Å². The van der Waals surface area contributed by atoms with Gasteiger partial charge >= 0.3 is 0 Å². The van der Waals surface area contributed by atoms with Gasteiger partial charge < -0.3 is 4.90 Å². The lowest BCUT2D eigenvalue weighted by Crippen LogP contribution is -2.34. The standard InChI is InChI=1S/C18H22N2OS/c1-13-17(22-14(2)19-13)18(21)20-12-8-4-7-11-16(20)15-9-5-3-6-10-15/h3,5-6,9-10,16H,4,7-8,11-12H2,1-2H3. The molecule has 1 aromatic heterocycles. The maximum atomic E-state index is 13.1. The van der Waals surface area contributed by atoms with Gasteiger partial charge in [0.05, 0.1) is 16.7 Å². The van der Waals surface area contributed by atoms with Gasteiger partial charge in [0.15, 0.2) is 0 Å². The van der Waals surface area contributed by atoms with Crippen LogP contribution in [0.4, 0.5) is 0 Å². The van der Waals surface area contributed by atoms with E-state index in [1.165, 1.54) is 29.7 Å². The maximum absolute atomic E-state index is 13.1. The maximum Gasteiger partial charge on any atom is 0.266 e. The molecule has 1 aliphatic heterocycles. The summed E-state index contributed by atoms with van der Waals surface area (Å²) in [6, 6.07) is 10.6. The molecule has 1 unspecified atom stereocenters. The highest BCUT2D eigenvalue weighted by Crippen LogP contribution is 2.32. The van der Waals surface area contributed by atoms with Crippen LogP contribution in [0.1, 0.15) is 57.7 Å². The molecule has 0 spiro atoms. The molecule has 0 aliphatic carbocycles. The Bertz CT molecular complexity index is 650. The summed E-state index contributed by atoms with van der Waals surface area (Å²) in [7, 11) is 0. The fourth-order valence-corrected chi connectivity index (χ4v) is 4.11. The van der Waals surface area contributed by atoms with E-state index in [1.54, 1.807) is 0 Å². The largest absolute Gasteiger partial charge is 0.331 e. The molecule has 1 aliphatic rings. The number of amides is 1. The molecule has 1 atom stereocenters. The van der Waals surface area contributed by atoms with Gasteiger partial charge in [-0.25, -0.2) is 4.98 Å². The number of rotatable bonds is 2. The van der Waals surface area contributed by atoms with E-state index in [4.69, 9.17) is 0 Å². The van der Waals surface area contributed by atoms with Gasteiger partial charge in [-0.1, -0.05) is 43.2 Å². The molecule has 22 heavy (non-hydrogen) atoms. The van der Waals surface area contributed by atoms with Gasteiger partial charge in [0.2, 0.25) is 0 Å². The van der Waals surface area contributed by atoms with E-state index < -0.39 is 0 Å². The summed E-state index contributed by atoms with van der Waals surface area (Å²) in [5.41, 5.74) is 2.11. The predicted octanol–water partition coefficient (Wildman–Crippen LogP) is 4.52. The van der Waals surface area contributed by atoms with Crippen molar-refractivity contribution in [3.05, 3.63) is 51.5 Å². The first-order valence-corrected chi connectivity index (χ1v) is 8.78. The Morgan fingerprint density at radius 2 is 1.95 bits per heavy atom. The summed E-state index contributed by atoms with van der Waals surface area (Å²) in [5.74, 6) is 0.152. The normalized spacial score (nSPS) is 19.0. The van der Waals surface area contributed by atoms with Gasteiger partial charge in [-0.05, 0) is 32.3 Å². The highest BCUT2D eigenvalue weighted by atomic mass is 32.1. The quantitative estimate of drug-likeness (QED) is 0.816.